The number of morpholine rings is 1. The molecule has 1 aliphatic rings. The highest BCUT2D eigenvalue weighted by atomic mass is 19.3. The molecule has 1 aromatic heterocycles. The molecule has 0 unspecified atom stereocenters. The van der Waals surface area contributed by atoms with Crippen LogP contribution in [0.4, 0.5) is 24.8 Å². The highest BCUT2D eigenvalue weighted by Gasteiger charge is 2.17. The first-order valence-corrected chi connectivity index (χ1v) is 10.9. The van der Waals surface area contributed by atoms with Crippen LogP contribution in [0.2, 0.25) is 0 Å². The monoisotopic (exact) mass is 487 g/mol. The second-order valence-corrected chi connectivity index (χ2v) is 7.66. The molecule has 4 rings (SSSR count). The van der Waals surface area contributed by atoms with Crippen molar-refractivity contribution in [2.75, 3.05) is 43.6 Å². The predicted molar refractivity (Wildman–Crippen MR) is 124 cm³/mol. The van der Waals surface area contributed by atoms with Gasteiger partial charge in [-0.25, -0.2) is 14.4 Å². The van der Waals surface area contributed by atoms with Crippen LogP contribution in [0, 0.1) is 5.82 Å². The van der Waals surface area contributed by atoms with Crippen molar-refractivity contribution in [3.63, 3.8) is 0 Å². The number of alkyl halides is 2. The van der Waals surface area contributed by atoms with Gasteiger partial charge in [-0.2, -0.15) is 8.78 Å². The van der Waals surface area contributed by atoms with E-state index in [0.717, 1.165) is 6.07 Å². The SMILES string of the molecule is CNC(=O)c1ccc(-c2cnc(N3CCOCC3)nc2)cc1NCc1c(F)cccc1OC(F)F. The van der Waals surface area contributed by atoms with Crippen LogP contribution >= 0.6 is 0 Å². The van der Waals surface area contributed by atoms with E-state index in [4.69, 9.17) is 4.74 Å². The molecule has 11 heteroatoms. The van der Waals surface area contributed by atoms with E-state index in [1.807, 2.05) is 4.90 Å². The fraction of sp³-hybridized carbons (Fsp3) is 0.292. The van der Waals surface area contributed by atoms with Crippen LogP contribution in [-0.2, 0) is 11.3 Å². The van der Waals surface area contributed by atoms with Gasteiger partial charge in [-0.15, -0.1) is 0 Å². The van der Waals surface area contributed by atoms with Crippen molar-refractivity contribution in [3.05, 3.63) is 65.7 Å². The van der Waals surface area contributed by atoms with Crippen molar-refractivity contribution in [3.8, 4) is 16.9 Å². The Balaban J connectivity index is 1.60. The van der Waals surface area contributed by atoms with Gasteiger partial charge < -0.3 is 25.0 Å². The van der Waals surface area contributed by atoms with Crippen LogP contribution in [0.1, 0.15) is 15.9 Å². The van der Waals surface area contributed by atoms with Gasteiger partial charge in [-0.05, 0) is 29.8 Å². The lowest BCUT2D eigenvalue weighted by atomic mass is 10.0. The maximum Gasteiger partial charge on any atom is 0.387 e. The van der Waals surface area contributed by atoms with Crippen molar-refractivity contribution in [1.29, 1.82) is 0 Å². The Bertz CT molecular complexity index is 1170. The van der Waals surface area contributed by atoms with E-state index >= 15 is 0 Å². The van der Waals surface area contributed by atoms with Crippen LogP contribution < -0.4 is 20.3 Å². The number of nitrogens with zero attached hydrogens (tertiary/aromatic N) is 3. The standard InChI is InChI=1S/C24H24F3N5O3/c1-28-22(33)17-6-5-15(16-12-30-24(31-13-16)32-7-9-34-10-8-32)11-20(17)29-14-18-19(25)3-2-4-21(18)35-23(26)27/h2-6,11-13,23,29H,7-10,14H2,1H3,(H,28,33). The number of rotatable bonds is 8. The Morgan fingerprint density at radius 2 is 1.89 bits per heavy atom. The summed E-state index contributed by atoms with van der Waals surface area (Å²) in [5.41, 5.74) is 2.02. The van der Waals surface area contributed by atoms with Crippen molar-refractivity contribution in [2.45, 2.75) is 13.2 Å². The van der Waals surface area contributed by atoms with Crippen LogP contribution in [0.15, 0.2) is 48.8 Å². The highest BCUT2D eigenvalue weighted by Crippen LogP contribution is 2.29. The summed E-state index contributed by atoms with van der Waals surface area (Å²) < 4.78 is 49.7. The normalized spacial score (nSPS) is 13.6. The summed E-state index contributed by atoms with van der Waals surface area (Å²) in [6.45, 7) is -0.626. The second kappa shape index (κ2) is 11.0. The molecule has 1 saturated heterocycles. The minimum Gasteiger partial charge on any atom is -0.434 e. The molecule has 8 nitrogen and oxygen atoms in total. The lowest BCUT2D eigenvalue weighted by molar-refractivity contribution is -0.0505. The number of amides is 1. The molecule has 0 bridgehead atoms. The van der Waals surface area contributed by atoms with Crippen molar-refractivity contribution < 1.29 is 27.4 Å². The molecule has 0 spiro atoms. The fourth-order valence-corrected chi connectivity index (χ4v) is 3.70. The number of nitrogens with one attached hydrogen (secondary N) is 2. The summed E-state index contributed by atoms with van der Waals surface area (Å²) in [7, 11) is 1.49. The maximum atomic E-state index is 14.4. The zero-order valence-electron chi connectivity index (χ0n) is 18.9. The topological polar surface area (TPSA) is 88.6 Å². The summed E-state index contributed by atoms with van der Waals surface area (Å²) in [5.74, 6) is -0.753. The zero-order chi connectivity index (χ0) is 24.8. The van der Waals surface area contributed by atoms with Crippen LogP contribution in [-0.4, -0.2) is 55.8 Å². The molecule has 1 fully saturated rings. The molecule has 0 radical (unpaired) electrons. The Morgan fingerprint density at radius 3 is 2.57 bits per heavy atom. The van der Waals surface area contributed by atoms with Gasteiger partial charge >= 0.3 is 6.61 Å². The van der Waals surface area contributed by atoms with E-state index in [2.05, 4.69) is 25.3 Å². The van der Waals surface area contributed by atoms with Gasteiger partial charge in [0.1, 0.15) is 11.6 Å². The molecule has 0 atom stereocenters. The van der Waals surface area contributed by atoms with Crippen LogP contribution in [0.25, 0.3) is 11.1 Å². The molecular formula is C24H24F3N5O3. The van der Waals surface area contributed by atoms with Crippen LogP contribution in [0.5, 0.6) is 5.75 Å². The fourth-order valence-electron chi connectivity index (χ4n) is 3.70. The third-order valence-corrected chi connectivity index (χ3v) is 5.50. The number of carbonyl (C=O) groups is 1. The van der Waals surface area contributed by atoms with Gasteiger partial charge in [0.15, 0.2) is 0 Å². The number of hydrogen-bond donors (Lipinski definition) is 2. The molecule has 184 valence electrons. The van der Waals surface area contributed by atoms with Gasteiger partial charge in [-0.3, -0.25) is 4.79 Å². The molecule has 2 aromatic carbocycles. The minimum atomic E-state index is -3.10. The average Bonchev–Trinajstić information content (AvgIpc) is 2.88. The first-order chi connectivity index (χ1) is 17.0. The van der Waals surface area contributed by atoms with E-state index in [-0.39, 0.29) is 23.8 Å². The van der Waals surface area contributed by atoms with E-state index in [0.29, 0.717) is 54.6 Å². The quantitative estimate of drug-likeness (QED) is 0.501. The lowest BCUT2D eigenvalue weighted by Crippen LogP contribution is -2.37. The van der Waals surface area contributed by atoms with Gasteiger partial charge in [0, 0.05) is 55.9 Å². The third-order valence-electron chi connectivity index (χ3n) is 5.50. The Labute approximate surface area is 200 Å². The first kappa shape index (κ1) is 24.3. The summed E-state index contributed by atoms with van der Waals surface area (Å²) in [6.07, 6.45) is 3.36. The number of carbonyl (C=O) groups excluding carboxylic acids is 1. The maximum absolute atomic E-state index is 14.4. The van der Waals surface area contributed by atoms with Crippen molar-refractivity contribution in [1.82, 2.24) is 15.3 Å². The molecule has 2 heterocycles. The predicted octanol–water partition coefficient (Wildman–Crippen LogP) is 3.69. The first-order valence-electron chi connectivity index (χ1n) is 10.9. The number of halogens is 3. The van der Waals surface area contributed by atoms with E-state index < -0.39 is 12.4 Å². The largest absolute Gasteiger partial charge is 0.434 e. The van der Waals surface area contributed by atoms with Gasteiger partial charge in [-0.1, -0.05) is 12.1 Å². The summed E-state index contributed by atoms with van der Waals surface area (Å²) in [6, 6.07) is 8.76. The number of anilines is 2. The van der Waals surface area contributed by atoms with Gasteiger partial charge in [0.25, 0.3) is 5.91 Å². The highest BCUT2D eigenvalue weighted by molar-refractivity contribution is 6.00. The van der Waals surface area contributed by atoms with E-state index in [9.17, 15) is 18.0 Å². The molecule has 0 saturated carbocycles. The number of hydrogen-bond acceptors (Lipinski definition) is 7. The number of aromatic nitrogens is 2. The molecule has 1 aliphatic heterocycles. The molecular weight excluding hydrogens is 463 g/mol. The average molecular weight is 487 g/mol. The van der Waals surface area contributed by atoms with Crippen molar-refractivity contribution in [2.24, 2.45) is 0 Å². The Hall–Kier alpha value is -3.86. The smallest absolute Gasteiger partial charge is 0.387 e. The Morgan fingerprint density at radius 1 is 1.14 bits per heavy atom. The van der Waals surface area contributed by atoms with Crippen LogP contribution in [0.3, 0.4) is 0 Å². The Kier molecular flexibility index (Phi) is 7.66. The summed E-state index contributed by atoms with van der Waals surface area (Å²) >= 11 is 0. The molecule has 1 amide bonds. The van der Waals surface area contributed by atoms with E-state index in [1.54, 1.807) is 30.6 Å². The molecule has 2 N–H and O–H groups in total. The minimum absolute atomic E-state index is 0.0840. The third kappa shape index (κ3) is 5.80. The lowest BCUT2D eigenvalue weighted by Gasteiger charge is -2.26. The zero-order valence-corrected chi connectivity index (χ0v) is 18.9. The second-order valence-electron chi connectivity index (χ2n) is 7.66. The summed E-state index contributed by atoms with van der Waals surface area (Å²) in [5, 5.41) is 5.54. The summed E-state index contributed by atoms with van der Waals surface area (Å²) in [4.78, 5) is 23.3. The van der Waals surface area contributed by atoms with Gasteiger partial charge in [0.2, 0.25) is 5.95 Å². The number of benzene rings is 2. The molecule has 35 heavy (non-hydrogen) atoms. The number of ether oxygens (including phenoxy) is 2. The van der Waals surface area contributed by atoms with E-state index in [1.165, 1.54) is 19.2 Å². The van der Waals surface area contributed by atoms with Crippen molar-refractivity contribution >= 4 is 17.5 Å². The molecule has 3 aromatic rings. The van der Waals surface area contributed by atoms with Gasteiger partial charge in [0.05, 0.1) is 18.8 Å². The molecule has 0 aliphatic carbocycles.